The first-order chi connectivity index (χ1) is 9.46. The molecular weight excluding hydrogens is 253 g/mol. The number of halogens is 1. The van der Waals surface area contributed by atoms with Crippen LogP contribution in [0.25, 0.3) is 0 Å². The van der Waals surface area contributed by atoms with Crippen molar-refractivity contribution >= 4 is 0 Å². The van der Waals surface area contributed by atoms with Gasteiger partial charge in [-0.3, -0.25) is 0 Å². The fourth-order valence-corrected chi connectivity index (χ4v) is 2.58. The van der Waals surface area contributed by atoms with Crippen LogP contribution >= 0.6 is 0 Å². The van der Waals surface area contributed by atoms with Crippen LogP contribution in [-0.2, 0) is 6.54 Å². The first-order valence-electron chi connectivity index (χ1n) is 7.61. The molecule has 0 bridgehead atoms. The topological polar surface area (TPSA) is 21.3 Å². The highest BCUT2D eigenvalue weighted by Gasteiger charge is 2.18. The molecule has 3 heteroatoms. The Labute approximate surface area is 121 Å². The summed E-state index contributed by atoms with van der Waals surface area (Å²) in [5.74, 6) is 1.14. The lowest BCUT2D eigenvalue weighted by Crippen LogP contribution is -2.35. The SMILES string of the molecule is CC(C)(C)NCc1c(F)cccc1OCC1CCCC1. The second-order valence-electron chi connectivity index (χ2n) is 6.78. The van der Waals surface area contributed by atoms with E-state index in [1.54, 1.807) is 6.07 Å². The van der Waals surface area contributed by atoms with Gasteiger partial charge >= 0.3 is 0 Å². The molecule has 0 heterocycles. The third kappa shape index (κ3) is 4.48. The fourth-order valence-electron chi connectivity index (χ4n) is 2.58. The van der Waals surface area contributed by atoms with E-state index >= 15 is 0 Å². The maximum Gasteiger partial charge on any atom is 0.131 e. The number of hydrogen-bond donors (Lipinski definition) is 1. The molecule has 2 nitrogen and oxygen atoms in total. The second-order valence-corrected chi connectivity index (χ2v) is 6.78. The molecule has 1 N–H and O–H groups in total. The number of ether oxygens (including phenoxy) is 1. The van der Waals surface area contributed by atoms with Gasteiger partial charge in [-0.25, -0.2) is 4.39 Å². The maximum atomic E-state index is 14.0. The van der Waals surface area contributed by atoms with E-state index in [4.69, 9.17) is 4.74 Å². The van der Waals surface area contributed by atoms with E-state index in [1.165, 1.54) is 31.7 Å². The second kappa shape index (κ2) is 6.57. The van der Waals surface area contributed by atoms with Crippen molar-refractivity contribution in [1.29, 1.82) is 0 Å². The van der Waals surface area contributed by atoms with Gasteiger partial charge in [-0.1, -0.05) is 18.9 Å². The van der Waals surface area contributed by atoms with Gasteiger partial charge in [0, 0.05) is 17.6 Å². The molecule has 0 spiro atoms. The zero-order chi connectivity index (χ0) is 14.6. The van der Waals surface area contributed by atoms with Gasteiger partial charge in [-0.05, 0) is 51.7 Å². The molecule has 1 aliphatic carbocycles. The molecule has 0 atom stereocenters. The van der Waals surface area contributed by atoms with Crippen molar-refractivity contribution in [1.82, 2.24) is 5.32 Å². The summed E-state index contributed by atoms with van der Waals surface area (Å²) in [6.07, 6.45) is 5.08. The lowest BCUT2D eigenvalue weighted by atomic mass is 10.1. The Morgan fingerprint density at radius 3 is 2.60 bits per heavy atom. The minimum Gasteiger partial charge on any atom is -0.493 e. The summed E-state index contributed by atoms with van der Waals surface area (Å²) < 4.78 is 19.9. The quantitative estimate of drug-likeness (QED) is 0.868. The minimum atomic E-state index is -0.189. The summed E-state index contributed by atoms with van der Waals surface area (Å²) in [7, 11) is 0. The molecule has 1 aliphatic rings. The van der Waals surface area contributed by atoms with Crippen molar-refractivity contribution < 1.29 is 9.13 Å². The molecule has 1 aromatic rings. The Morgan fingerprint density at radius 1 is 1.25 bits per heavy atom. The van der Waals surface area contributed by atoms with Gasteiger partial charge in [-0.2, -0.15) is 0 Å². The Hall–Kier alpha value is -1.09. The van der Waals surface area contributed by atoms with Crippen molar-refractivity contribution in [3.05, 3.63) is 29.6 Å². The highest BCUT2D eigenvalue weighted by molar-refractivity contribution is 5.34. The molecule has 1 aromatic carbocycles. The minimum absolute atomic E-state index is 0.0367. The van der Waals surface area contributed by atoms with Gasteiger partial charge in [0.25, 0.3) is 0 Å². The summed E-state index contributed by atoms with van der Waals surface area (Å²) in [5, 5.41) is 3.33. The molecule has 20 heavy (non-hydrogen) atoms. The molecule has 0 saturated heterocycles. The summed E-state index contributed by atoms with van der Waals surface area (Å²) in [6, 6.07) is 5.10. The number of rotatable bonds is 5. The van der Waals surface area contributed by atoms with Gasteiger partial charge in [0.15, 0.2) is 0 Å². The molecule has 0 radical (unpaired) electrons. The van der Waals surface area contributed by atoms with Crippen LogP contribution in [0.3, 0.4) is 0 Å². The smallest absolute Gasteiger partial charge is 0.131 e. The molecule has 0 aromatic heterocycles. The molecule has 112 valence electrons. The van der Waals surface area contributed by atoms with Crippen LogP contribution in [0.15, 0.2) is 18.2 Å². The van der Waals surface area contributed by atoms with Crippen LogP contribution in [0.4, 0.5) is 4.39 Å². The predicted octanol–water partition coefficient (Wildman–Crippen LogP) is 4.28. The third-order valence-corrected chi connectivity index (χ3v) is 3.82. The highest BCUT2D eigenvalue weighted by atomic mass is 19.1. The standard InChI is InChI=1S/C17H26FNO/c1-17(2,3)19-11-14-15(18)9-6-10-16(14)20-12-13-7-4-5-8-13/h6,9-10,13,19H,4-5,7-8,11-12H2,1-3H3. The van der Waals surface area contributed by atoms with E-state index in [1.807, 2.05) is 6.07 Å². The van der Waals surface area contributed by atoms with Gasteiger partial charge in [0.1, 0.15) is 11.6 Å². The van der Waals surface area contributed by atoms with Crippen molar-refractivity contribution in [3.8, 4) is 5.75 Å². The average Bonchev–Trinajstić information content (AvgIpc) is 2.87. The third-order valence-electron chi connectivity index (χ3n) is 3.82. The Balaban J connectivity index is 2.01. The molecule has 0 unspecified atom stereocenters. The monoisotopic (exact) mass is 279 g/mol. The first kappa shape index (κ1) is 15.3. The lowest BCUT2D eigenvalue weighted by Gasteiger charge is -2.22. The Morgan fingerprint density at radius 2 is 1.95 bits per heavy atom. The van der Waals surface area contributed by atoms with Crippen molar-refractivity contribution in [3.63, 3.8) is 0 Å². The molecule has 2 rings (SSSR count). The van der Waals surface area contributed by atoms with Crippen LogP contribution in [0.5, 0.6) is 5.75 Å². The average molecular weight is 279 g/mol. The van der Waals surface area contributed by atoms with Crippen molar-refractivity contribution in [2.75, 3.05) is 6.61 Å². The number of hydrogen-bond acceptors (Lipinski definition) is 2. The van der Waals surface area contributed by atoms with E-state index in [-0.39, 0.29) is 11.4 Å². The van der Waals surface area contributed by atoms with E-state index in [0.29, 0.717) is 30.4 Å². The molecule has 1 saturated carbocycles. The lowest BCUT2D eigenvalue weighted by molar-refractivity contribution is 0.247. The zero-order valence-electron chi connectivity index (χ0n) is 12.8. The highest BCUT2D eigenvalue weighted by Crippen LogP contribution is 2.27. The first-order valence-corrected chi connectivity index (χ1v) is 7.61. The molecular formula is C17H26FNO. The largest absolute Gasteiger partial charge is 0.493 e. The molecule has 0 amide bonds. The van der Waals surface area contributed by atoms with Crippen LogP contribution in [0.1, 0.15) is 52.0 Å². The summed E-state index contributed by atoms with van der Waals surface area (Å²) >= 11 is 0. The van der Waals surface area contributed by atoms with Crippen LogP contribution in [-0.4, -0.2) is 12.1 Å². The van der Waals surface area contributed by atoms with Crippen molar-refractivity contribution in [2.24, 2.45) is 5.92 Å². The number of nitrogens with one attached hydrogen (secondary N) is 1. The van der Waals surface area contributed by atoms with E-state index in [2.05, 4.69) is 26.1 Å². The maximum absolute atomic E-state index is 14.0. The van der Waals surface area contributed by atoms with E-state index in [0.717, 1.165) is 0 Å². The summed E-state index contributed by atoms with van der Waals surface area (Å²) in [6.45, 7) is 7.44. The van der Waals surface area contributed by atoms with Gasteiger partial charge < -0.3 is 10.1 Å². The van der Waals surface area contributed by atoms with Crippen LogP contribution in [0, 0.1) is 11.7 Å². The summed E-state index contributed by atoms with van der Waals surface area (Å²) in [5.41, 5.74) is 0.603. The Kier molecular flexibility index (Phi) is 5.03. The molecule has 1 fully saturated rings. The van der Waals surface area contributed by atoms with Gasteiger partial charge in [-0.15, -0.1) is 0 Å². The zero-order valence-corrected chi connectivity index (χ0v) is 12.8. The fraction of sp³-hybridized carbons (Fsp3) is 0.647. The van der Waals surface area contributed by atoms with Crippen LogP contribution < -0.4 is 10.1 Å². The van der Waals surface area contributed by atoms with E-state index in [9.17, 15) is 4.39 Å². The normalized spacial score (nSPS) is 16.6. The molecule has 0 aliphatic heterocycles. The van der Waals surface area contributed by atoms with Gasteiger partial charge in [0.05, 0.1) is 6.61 Å². The number of benzene rings is 1. The van der Waals surface area contributed by atoms with Crippen molar-refractivity contribution in [2.45, 2.75) is 58.5 Å². The Bertz CT molecular complexity index is 433. The predicted molar refractivity (Wildman–Crippen MR) is 80.4 cm³/mol. The van der Waals surface area contributed by atoms with Crippen LogP contribution in [0.2, 0.25) is 0 Å². The van der Waals surface area contributed by atoms with E-state index < -0.39 is 0 Å². The summed E-state index contributed by atoms with van der Waals surface area (Å²) in [4.78, 5) is 0. The van der Waals surface area contributed by atoms with Gasteiger partial charge in [0.2, 0.25) is 0 Å².